The van der Waals surface area contributed by atoms with Crippen molar-refractivity contribution in [3.8, 4) is 0 Å². The summed E-state index contributed by atoms with van der Waals surface area (Å²) in [5, 5.41) is 3.56. The summed E-state index contributed by atoms with van der Waals surface area (Å²) in [6.45, 7) is 0.258. The molecule has 1 amide bonds. The standard InChI is InChI=1S/C14H12N4O2/c19-13(16-7-9-8-17-14(20)18-9)11-3-1-5-12-10(11)4-2-6-15-12/h1-6,8H,7H2,(H,16,19)(H2,17,18,20). The number of fused-ring (bicyclic) bond motifs is 1. The van der Waals surface area contributed by atoms with Gasteiger partial charge in [0.15, 0.2) is 0 Å². The second-order valence-corrected chi connectivity index (χ2v) is 4.33. The second-order valence-electron chi connectivity index (χ2n) is 4.33. The number of hydrogen-bond donors (Lipinski definition) is 3. The zero-order valence-corrected chi connectivity index (χ0v) is 10.5. The van der Waals surface area contributed by atoms with E-state index < -0.39 is 0 Å². The van der Waals surface area contributed by atoms with Crippen LogP contribution in [0.1, 0.15) is 16.1 Å². The molecule has 2 heterocycles. The van der Waals surface area contributed by atoms with Gasteiger partial charge in [-0.2, -0.15) is 0 Å². The number of aromatic amines is 2. The van der Waals surface area contributed by atoms with Gasteiger partial charge in [0.05, 0.1) is 17.8 Å². The average molecular weight is 268 g/mol. The van der Waals surface area contributed by atoms with E-state index in [1.165, 1.54) is 6.20 Å². The highest BCUT2D eigenvalue weighted by molar-refractivity contribution is 6.06. The smallest absolute Gasteiger partial charge is 0.323 e. The SMILES string of the molecule is O=C(NCc1c[nH]c(=O)[nH]1)c1cccc2ncccc12. The lowest BCUT2D eigenvalue weighted by Gasteiger charge is -2.06. The van der Waals surface area contributed by atoms with Crippen LogP contribution >= 0.6 is 0 Å². The average Bonchev–Trinajstić information content (AvgIpc) is 2.90. The number of nitrogens with zero attached hydrogens (tertiary/aromatic N) is 1. The summed E-state index contributed by atoms with van der Waals surface area (Å²) in [6, 6.07) is 9.05. The number of carbonyl (C=O) groups excluding carboxylic acids is 1. The van der Waals surface area contributed by atoms with Gasteiger partial charge >= 0.3 is 5.69 Å². The zero-order valence-electron chi connectivity index (χ0n) is 10.5. The van der Waals surface area contributed by atoms with E-state index in [2.05, 4.69) is 20.3 Å². The highest BCUT2D eigenvalue weighted by atomic mass is 16.2. The minimum Gasteiger partial charge on any atom is -0.346 e. The van der Waals surface area contributed by atoms with Crippen LogP contribution in [0.5, 0.6) is 0 Å². The summed E-state index contributed by atoms with van der Waals surface area (Å²) < 4.78 is 0. The third-order valence-corrected chi connectivity index (χ3v) is 2.98. The number of pyridine rings is 1. The third-order valence-electron chi connectivity index (χ3n) is 2.98. The van der Waals surface area contributed by atoms with Gasteiger partial charge in [-0.25, -0.2) is 4.79 Å². The Labute approximate surface area is 113 Å². The number of nitrogens with one attached hydrogen (secondary N) is 3. The fourth-order valence-electron chi connectivity index (χ4n) is 2.04. The highest BCUT2D eigenvalue weighted by Crippen LogP contribution is 2.16. The third kappa shape index (κ3) is 2.31. The maximum Gasteiger partial charge on any atom is 0.323 e. The Kier molecular flexibility index (Phi) is 3.04. The molecule has 0 aliphatic carbocycles. The molecule has 6 heteroatoms. The van der Waals surface area contributed by atoms with Gasteiger partial charge in [0.2, 0.25) is 0 Å². The molecule has 3 rings (SSSR count). The second kappa shape index (κ2) is 5.00. The molecule has 1 aromatic carbocycles. The van der Waals surface area contributed by atoms with Crippen LogP contribution in [0.25, 0.3) is 10.9 Å². The zero-order chi connectivity index (χ0) is 13.9. The molecule has 0 fully saturated rings. The van der Waals surface area contributed by atoms with E-state index in [9.17, 15) is 9.59 Å². The Morgan fingerprint density at radius 3 is 2.95 bits per heavy atom. The lowest BCUT2D eigenvalue weighted by molar-refractivity contribution is 0.0952. The van der Waals surface area contributed by atoms with Gasteiger partial charge in [0.25, 0.3) is 5.91 Å². The summed E-state index contributed by atoms with van der Waals surface area (Å²) in [7, 11) is 0. The first kappa shape index (κ1) is 12.2. The van der Waals surface area contributed by atoms with Crippen molar-refractivity contribution in [2.45, 2.75) is 6.54 Å². The number of carbonyl (C=O) groups is 1. The summed E-state index contributed by atoms with van der Waals surface area (Å²) in [5.74, 6) is -0.203. The Morgan fingerprint density at radius 1 is 1.25 bits per heavy atom. The first-order chi connectivity index (χ1) is 9.74. The Morgan fingerprint density at radius 2 is 2.15 bits per heavy atom. The molecule has 0 aliphatic rings. The van der Waals surface area contributed by atoms with Crippen LogP contribution in [0.4, 0.5) is 0 Å². The summed E-state index contributed by atoms with van der Waals surface area (Å²) >= 11 is 0. The number of imidazole rings is 1. The van der Waals surface area contributed by atoms with Crippen molar-refractivity contribution >= 4 is 16.8 Å². The van der Waals surface area contributed by atoms with Gasteiger partial charge in [-0.15, -0.1) is 0 Å². The predicted molar refractivity (Wildman–Crippen MR) is 74.3 cm³/mol. The fourth-order valence-corrected chi connectivity index (χ4v) is 2.04. The molecule has 0 spiro atoms. The maximum absolute atomic E-state index is 12.2. The molecule has 0 saturated heterocycles. The van der Waals surface area contributed by atoms with Crippen LogP contribution < -0.4 is 11.0 Å². The Bertz CT molecular complexity index is 814. The van der Waals surface area contributed by atoms with Crippen LogP contribution in [-0.4, -0.2) is 20.9 Å². The molecule has 20 heavy (non-hydrogen) atoms. The van der Waals surface area contributed by atoms with Gasteiger partial charge in [-0.1, -0.05) is 12.1 Å². The first-order valence-electron chi connectivity index (χ1n) is 6.12. The minimum absolute atomic E-state index is 0.203. The summed E-state index contributed by atoms with van der Waals surface area (Å²) in [5.41, 5.74) is 1.68. The van der Waals surface area contributed by atoms with Crippen molar-refractivity contribution in [3.05, 3.63) is 64.5 Å². The number of benzene rings is 1. The molecule has 3 aromatic rings. The molecule has 6 nitrogen and oxygen atoms in total. The quantitative estimate of drug-likeness (QED) is 0.666. The van der Waals surface area contributed by atoms with E-state index in [1.807, 2.05) is 12.1 Å². The lowest BCUT2D eigenvalue weighted by Crippen LogP contribution is -2.23. The molecule has 0 radical (unpaired) electrons. The van der Waals surface area contributed by atoms with Crippen molar-refractivity contribution in [1.82, 2.24) is 20.3 Å². The van der Waals surface area contributed by atoms with Crippen molar-refractivity contribution in [1.29, 1.82) is 0 Å². The highest BCUT2D eigenvalue weighted by Gasteiger charge is 2.10. The van der Waals surface area contributed by atoms with Gasteiger partial charge in [0.1, 0.15) is 0 Å². The monoisotopic (exact) mass is 268 g/mol. The number of hydrogen-bond acceptors (Lipinski definition) is 3. The molecule has 3 N–H and O–H groups in total. The number of aromatic nitrogens is 3. The Hall–Kier alpha value is -2.89. The number of H-pyrrole nitrogens is 2. The van der Waals surface area contributed by atoms with E-state index in [0.717, 1.165) is 10.9 Å². The number of amides is 1. The van der Waals surface area contributed by atoms with Crippen molar-refractivity contribution in [2.75, 3.05) is 0 Å². The van der Waals surface area contributed by atoms with Gasteiger partial charge in [-0.3, -0.25) is 9.78 Å². The van der Waals surface area contributed by atoms with Crippen LogP contribution in [0.15, 0.2) is 47.5 Å². The van der Waals surface area contributed by atoms with Gasteiger partial charge < -0.3 is 15.3 Å². The van der Waals surface area contributed by atoms with Gasteiger partial charge in [0, 0.05) is 23.3 Å². The van der Waals surface area contributed by atoms with Crippen molar-refractivity contribution < 1.29 is 4.79 Å². The molecular formula is C14H12N4O2. The van der Waals surface area contributed by atoms with Crippen LogP contribution in [0.2, 0.25) is 0 Å². The Balaban J connectivity index is 1.84. The topological polar surface area (TPSA) is 90.6 Å². The molecule has 0 atom stereocenters. The van der Waals surface area contributed by atoms with E-state index in [4.69, 9.17) is 0 Å². The lowest BCUT2D eigenvalue weighted by atomic mass is 10.1. The summed E-state index contributed by atoms with van der Waals surface area (Å²) in [4.78, 5) is 32.4. The summed E-state index contributed by atoms with van der Waals surface area (Å²) in [6.07, 6.45) is 3.22. The normalized spacial score (nSPS) is 10.6. The fraction of sp³-hybridized carbons (Fsp3) is 0.0714. The van der Waals surface area contributed by atoms with Crippen LogP contribution in [0.3, 0.4) is 0 Å². The maximum atomic E-state index is 12.2. The molecule has 0 saturated carbocycles. The first-order valence-corrected chi connectivity index (χ1v) is 6.12. The predicted octanol–water partition coefficient (Wildman–Crippen LogP) is 1.18. The molecular weight excluding hydrogens is 256 g/mol. The van der Waals surface area contributed by atoms with Crippen LogP contribution in [-0.2, 0) is 6.54 Å². The largest absolute Gasteiger partial charge is 0.346 e. The minimum atomic E-state index is -0.288. The number of rotatable bonds is 3. The van der Waals surface area contributed by atoms with E-state index in [-0.39, 0.29) is 18.1 Å². The van der Waals surface area contributed by atoms with E-state index in [0.29, 0.717) is 11.3 Å². The van der Waals surface area contributed by atoms with Crippen molar-refractivity contribution in [3.63, 3.8) is 0 Å². The molecule has 0 unspecified atom stereocenters. The van der Waals surface area contributed by atoms with Gasteiger partial charge in [-0.05, 0) is 18.2 Å². The molecule has 100 valence electrons. The van der Waals surface area contributed by atoms with Crippen molar-refractivity contribution in [2.24, 2.45) is 0 Å². The molecule has 0 aliphatic heterocycles. The van der Waals surface area contributed by atoms with E-state index in [1.54, 1.807) is 24.4 Å². The van der Waals surface area contributed by atoms with Crippen LogP contribution in [0, 0.1) is 0 Å². The van der Waals surface area contributed by atoms with E-state index >= 15 is 0 Å². The molecule has 0 bridgehead atoms. The molecule has 2 aromatic heterocycles.